The zero-order valence-corrected chi connectivity index (χ0v) is 7.76. The quantitative estimate of drug-likeness (QED) is 0.698. The number of hydrogen-bond acceptors (Lipinski definition) is 2. The molecule has 0 radical (unpaired) electrons. The average Bonchev–Trinajstić information content (AvgIpc) is 2.18. The molecule has 1 aliphatic carbocycles. The molecule has 13 heavy (non-hydrogen) atoms. The molecule has 0 atom stereocenters. The molecule has 0 saturated heterocycles. The van der Waals surface area contributed by atoms with Crippen LogP contribution in [0.3, 0.4) is 0 Å². The highest BCUT2D eigenvalue weighted by atomic mass is 16.5. The maximum atomic E-state index is 7.76. The van der Waals surface area contributed by atoms with Gasteiger partial charge in [0.05, 0.1) is 7.11 Å². The fraction of sp³-hybridized carbons (Fsp3) is 0.364. The summed E-state index contributed by atoms with van der Waals surface area (Å²) in [5.41, 5.74) is 3.13. The van der Waals surface area contributed by atoms with E-state index < -0.39 is 0 Å². The number of methoxy groups -OCH3 is 1. The van der Waals surface area contributed by atoms with Crippen molar-refractivity contribution in [3.05, 3.63) is 29.3 Å². The summed E-state index contributed by atoms with van der Waals surface area (Å²) in [5, 5.41) is 7.76. The number of nitrogens with one attached hydrogen (secondary N) is 1. The normalized spacial score (nSPS) is 15.3. The Labute approximate surface area is 78.0 Å². The van der Waals surface area contributed by atoms with Crippen molar-refractivity contribution in [2.24, 2.45) is 0 Å². The Balaban J connectivity index is 2.45. The third-order valence-electron chi connectivity index (χ3n) is 2.51. The molecule has 2 rings (SSSR count). The molecule has 68 valence electrons. The maximum Gasteiger partial charge on any atom is 0.119 e. The minimum atomic E-state index is 0.768. The zero-order chi connectivity index (χ0) is 9.26. The predicted octanol–water partition coefficient (Wildman–Crippen LogP) is 2.40. The van der Waals surface area contributed by atoms with Crippen molar-refractivity contribution in [2.45, 2.75) is 19.3 Å². The van der Waals surface area contributed by atoms with E-state index >= 15 is 0 Å². The molecule has 1 aromatic carbocycles. The van der Waals surface area contributed by atoms with Crippen LogP contribution in [0.15, 0.2) is 18.2 Å². The molecule has 0 aromatic heterocycles. The third kappa shape index (κ3) is 1.44. The molecular weight excluding hydrogens is 162 g/mol. The molecule has 2 heteroatoms. The van der Waals surface area contributed by atoms with Gasteiger partial charge in [0.25, 0.3) is 0 Å². The predicted molar refractivity (Wildman–Crippen MR) is 52.8 cm³/mol. The van der Waals surface area contributed by atoms with Gasteiger partial charge in [-0.05, 0) is 48.6 Å². The van der Waals surface area contributed by atoms with Crippen LogP contribution in [0.25, 0.3) is 0 Å². The van der Waals surface area contributed by atoms with Gasteiger partial charge in [-0.15, -0.1) is 0 Å². The van der Waals surface area contributed by atoms with Crippen LogP contribution in [0.2, 0.25) is 0 Å². The van der Waals surface area contributed by atoms with Gasteiger partial charge in [0.15, 0.2) is 0 Å². The van der Waals surface area contributed by atoms with Crippen molar-refractivity contribution in [1.29, 1.82) is 5.41 Å². The van der Waals surface area contributed by atoms with E-state index in [0.717, 1.165) is 36.3 Å². The number of benzene rings is 1. The molecular formula is C11H13NO. The first-order chi connectivity index (χ1) is 6.31. The fourth-order valence-corrected chi connectivity index (χ4v) is 1.79. The van der Waals surface area contributed by atoms with Gasteiger partial charge in [-0.2, -0.15) is 0 Å². The van der Waals surface area contributed by atoms with Crippen molar-refractivity contribution in [1.82, 2.24) is 0 Å². The Kier molecular flexibility index (Phi) is 2.05. The van der Waals surface area contributed by atoms with Crippen LogP contribution in [-0.4, -0.2) is 12.8 Å². The van der Waals surface area contributed by atoms with Gasteiger partial charge < -0.3 is 10.1 Å². The highest BCUT2D eigenvalue weighted by Gasteiger charge is 2.13. The van der Waals surface area contributed by atoms with Gasteiger partial charge in [-0.1, -0.05) is 0 Å². The standard InChI is InChI=1S/C11H13NO/c1-13-9-5-6-10-8(7-9)3-2-4-11(10)12/h5-7,12H,2-4H2,1H3. The van der Waals surface area contributed by atoms with Crippen LogP contribution in [0, 0.1) is 5.41 Å². The summed E-state index contributed by atoms with van der Waals surface area (Å²) in [6.45, 7) is 0. The van der Waals surface area contributed by atoms with Crippen LogP contribution in [0.5, 0.6) is 5.75 Å². The Morgan fingerprint density at radius 1 is 1.31 bits per heavy atom. The number of aryl methyl sites for hydroxylation is 1. The number of ether oxygens (including phenoxy) is 1. The highest BCUT2D eigenvalue weighted by molar-refractivity contribution is 6.00. The van der Waals surface area contributed by atoms with Gasteiger partial charge in [0.2, 0.25) is 0 Å². The van der Waals surface area contributed by atoms with Crippen LogP contribution in [-0.2, 0) is 6.42 Å². The summed E-state index contributed by atoms with van der Waals surface area (Å²) in [4.78, 5) is 0. The van der Waals surface area contributed by atoms with Crippen molar-refractivity contribution in [3.63, 3.8) is 0 Å². The number of fused-ring (bicyclic) bond motifs is 1. The second-order valence-corrected chi connectivity index (χ2v) is 3.36. The van der Waals surface area contributed by atoms with Crippen molar-refractivity contribution < 1.29 is 4.74 Å². The molecule has 0 aliphatic heterocycles. The van der Waals surface area contributed by atoms with E-state index in [0.29, 0.717) is 0 Å². The Morgan fingerprint density at radius 3 is 2.92 bits per heavy atom. The number of rotatable bonds is 1. The van der Waals surface area contributed by atoms with E-state index in [1.54, 1.807) is 7.11 Å². The first kappa shape index (κ1) is 8.30. The smallest absolute Gasteiger partial charge is 0.119 e. The summed E-state index contributed by atoms with van der Waals surface area (Å²) in [6.07, 6.45) is 3.09. The molecule has 2 nitrogen and oxygen atoms in total. The lowest BCUT2D eigenvalue weighted by Gasteiger charge is -2.17. The highest BCUT2D eigenvalue weighted by Crippen LogP contribution is 2.24. The van der Waals surface area contributed by atoms with Gasteiger partial charge >= 0.3 is 0 Å². The van der Waals surface area contributed by atoms with E-state index in [4.69, 9.17) is 10.1 Å². The third-order valence-corrected chi connectivity index (χ3v) is 2.51. The van der Waals surface area contributed by atoms with E-state index in [-0.39, 0.29) is 0 Å². The van der Waals surface area contributed by atoms with Crippen molar-refractivity contribution in [3.8, 4) is 5.75 Å². The first-order valence-electron chi connectivity index (χ1n) is 4.56. The Hall–Kier alpha value is -1.31. The molecule has 0 amide bonds. The average molecular weight is 175 g/mol. The Morgan fingerprint density at radius 2 is 2.15 bits per heavy atom. The number of hydrogen-bond donors (Lipinski definition) is 1. The lowest BCUT2D eigenvalue weighted by molar-refractivity contribution is 0.414. The maximum absolute atomic E-state index is 7.76. The van der Waals surface area contributed by atoms with Gasteiger partial charge in [-0.25, -0.2) is 0 Å². The zero-order valence-electron chi connectivity index (χ0n) is 7.76. The lowest BCUT2D eigenvalue weighted by atomic mass is 9.90. The van der Waals surface area contributed by atoms with E-state index in [1.807, 2.05) is 18.2 Å². The van der Waals surface area contributed by atoms with Crippen LogP contribution < -0.4 is 4.74 Å². The van der Waals surface area contributed by atoms with Crippen LogP contribution in [0.4, 0.5) is 0 Å². The summed E-state index contributed by atoms with van der Waals surface area (Å²) in [7, 11) is 1.68. The van der Waals surface area contributed by atoms with Gasteiger partial charge in [0, 0.05) is 5.71 Å². The SMILES string of the molecule is COc1ccc2c(c1)CCCC2=N. The second-order valence-electron chi connectivity index (χ2n) is 3.36. The summed E-state index contributed by atoms with van der Waals surface area (Å²) < 4.78 is 5.15. The van der Waals surface area contributed by atoms with Crippen molar-refractivity contribution in [2.75, 3.05) is 7.11 Å². The van der Waals surface area contributed by atoms with Crippen molar-refractivity contribution >= 4 is 5.71 Å². The lowest BCUT2D eigenvalue weighted by Crippen LogP contribution is -2.10. The fourth-order valence-electron chi connectivity index (χ4n) is 1.79. The topological polar surface area (TPSA) is 33.1 Å². The molecule has 1 N–H and O–H groups in total. The minimum absolute atomic E-state index is 0.768. The monoisotopic (exact) mass is 175 g/mol. The van der Waals surface area contributed by atoms with Gasteiger partial charge in [-0.3, -0.25) is 0 Å². The summed E-state index contributed by atoms with van der Waals surface area (Å²) >= 11 is 0. The summed E-state index contributed by atoms with van der Waals surface area (Å²) in [5.74, 6) is 0.897. The van der Waals surface area contributed by atoms with Gasteiger partial charge in [0.1, 0.15) is 5.75 Å². The molecule has 1 aliphatic rings. The molecule has 0 fully saturated rings. The first-order valence-corrected chi connectivity index (χ1v) is 4.56. The molecule has 0 bridgehead atoms. The molecule has 1 aromatic rings. The van der Waals surface area contributed by atoms with E-state index in [9.17, 15) is 0 Å². The Bertz CT molecular complexity index is 344. The minimum Gasteiger partial charge on any atom is -0.497 e. The van der Waals surface area contributed by atoms with E-state index in [1.165, 1.54) is 5.56 Å². The van der Waals surface area contributed by atoms with Crippen LogP contribution in [0.1, 0.15) is 24.0 Å². The van der Waals surface area contributed by atoms with E-state index in [2.05, 4.69) is 0 Å². The summed E-state index contributed by atoms with van der Waals surface area (Å²) in [6, 6.07) is 5.97. The molecule has 0 spiro atoms. The molecule has 0 heterocycles. The molecule has 0 unspecified atom stereocenters. The van der Waals surface area contributed by atoms with Crippen LogP contribution >= 0.6 is 0 Å². The molecule has 0 saturated carbocycles. The second kappa shape index (κ2) is 3.21. The largest absolute Gasteiger partial charge is 0.497 e.